The summed E-state index contributed by atoms with van der Waals surface area (Å²) in [5, 5.41) is 2.40. The Balaban J connectivity index is 1.62. The van der Waals surface area contributed by atoms with Gasteiger partial charge in [-0.05, 0) is 72.9 Å². The summed E-state index contributed by atoms with van der Waals surface area (Å²) >= 11 is 0. The van der Waals surface area contributed by atoms with Crippen LogP contribution in [0.5, 0.6) is 11.5 Å². The van der Waals surface area contributed by atoms with E-state index in [9.17, 15) is 0 Å². The molecule has 1 unspecified atom stereocenters. The molecule has 1 atom stereocenters. The fraction of sp³-hybridized carbons (Fsp3) is 0.344. The number of nitrogens with zero attached hydrogens (tertiary/aromatic N) is 2. The number of hydrogen-bond acceptors (Lipinski definition) is 4. The molecule has 0 amide bonds. The van der Waals surface area contributed by atoms with Crippen molar-refractivity contribution in [3.8, 4) is 22.8 Å². The molecule has 4 aromatic rings. The molecule has 0 saturated heterocycles. The summed E-state index contributed by atoms with van der Waals surface area (Å²) < 4.78 is 11.5. The Morgan fingerprint density at radius 1 is 0.917 bits per heavy atom. The van der Waals surface area contributed by atoms with Crippen molar-refractivity contribution in [2.24, 2.45) is 0 Å². The largest absolute Gasteiger partial charge is 0.497 e. The molecule has 0 aliphatic heterocycles. The number of hydrogen-bond donors (Lipinski definition) is 0. The van der Waals surface area contributed by atoms with Crippen LogP contribution in [-0.4, -0.2) is 26.3 Å². The molecule has 0 saturated carbocycles. The predicted octanol–water partition coefficient (Wildman–Crippen LogP) is 7.56. The predicted molar refractivity (Wildman–Crippen MR) is 150 cm³/mol. The minimum Gasteiger partial charge on any atom is -0.497 e. The Bertz CT molecular complexity index is 1360. The molecular formula is C32H36N2O2. The normalized spacial score (nSPS) is 15.0. The van der Waals surface area contributed by atoms with Crippen molar-refractivity contribution >= 4 is 16.5 Å². The maximum Gasteiger partial charge on any atom is 0.128 e. The first-order valence-corrected chi connectivity index (χ1v) is 13.1. The number of fused-ring (bicyclic) bond motifs is 2. The lowest BCUT2D eigenvalue weighted by molar-refractivity contribution is 0.395. The van der Waals surface area contributed by atoms with E-state index < -0.39 is 0 Å². The molecule has 36 heavy (non-hydrogen) atoms. The van der Waals surface area contributed by atoms with Gasteiger partial charge in [0.1, 0.15) is 11.5 Å². The number of aryl methyl sites for hydroxylation is 3. The van der Waals surface area contributed by atoms with E-state index in [0.717, 1.165) is 49.3 Å². The highest BCUT2D eigenvalue weighted by molar-refractivity contribution is 5.95. The van der Waals surface area contributed by atoms with Gasteiger partial charge >= 0.3 is 0 Å². The molecule has 0 fully saturated rings. The summed E-state index contributed by atoms with van der Waals surface area (Å²) in [5.74, 6) is 1.82. The Kier molecular flexibility index (Phi) is 6.86. The zero-order chi connectivity index (χ0) is 25.2. The number of methoxy groups -OCH3 is 2. The van der Waals surface area contributed by atoms with Crippen LogP contribution in [0.4, 0.5) is 5.69 Å². The highest BCUT2D eigenvalue weighted by atomic mass is 16.5. The number of ether oxygens (including phenoxy) is 2. The average Bonchev–Trinajstić information content (AvgIpc) is 2.94. The van der Waals surface area contributed by atoms with Crippen LogP contribution in [0.1, 0.15) is 55.1 Å². The molecule has 4 heteroatoms. The van der Waals surface area contributed by atoms with E-state index in [1.807, 2.05) is 6.07 Å². The maximum atomic E-state index is 6.07. The number of benzene rings is 3. The van der Waals surface area contributed by atoms with E-state index in [1.165, 1.54) is 44.4 Å². The Morgan fingerprint density at radius 2 is 1.67 bits per heavy atom. The van der Waals surface area contributed by atoms with E-state index in [-0.39, 0.29) is 6.04 Å². The second-order valence-electron chi connectivity index (χ2n) is 9.61. The van der Waals surface area contributed by atoms with E-state index in [1.54, 1.807) is 14.2 Å². The SMILES string of the molecule is CCc1cccc(CC)c1-c1cc(OC)c2c(n1)CCCC2N(C)c1cccc2cc(OC)ccc12. The summed E-state index contributed by atoms with van der Waals surface area (Å²) in [5.41, 5.74) is 8.63. The molecule has 1 aromatic heterocycles. The van der Waals surface area contributed by atoms with Crippen molar-refractivity contribution in [3.05, 3.63) is 83.0 Å². The zero-order valence-corrected chi connectivity index (χ0v) is 22.1. The second kappa shape index (κ2) is 10.2. The van der Waals surface area contributed by atoms with E-state index in [2.05, 4.69) is 80.4 Å². The molecule has 0 radical (unpaired) electrons. The third-order valence-electron chi connectivity index (χ3n) is 7.71. The molecule has 5 rings (SSSR count). The number of anilines is 1. The third-order valence-corrected chi connectivity index (χ3v) is 7.71. The number of pyridine rings is 1. The summed E-state index contributed by atoms with van der Waals surface area (Å²) in [4.78, 5) is 7.71. The van der Waals surface area contributed by atoms with Crippen molar-refractivity contribution < 1.29 is 9.47 Å². The van der Waals surface area contributed by atoms with Crippen LogP contribution in [0.15, 0.2) is 60.7 Å². The molecule has 4 nitrogen and oxygen atoms in total. The van der Waals surface area contributed by atoms with Gasteiger partial charge in [0.05, 0.1) is 31.6 Å². The van der Waals surface area contributed by atoms with Gasteiger partial charge < -0.3 is 14.4 Å². The van der Waals surface area contributed by atoms with Crippen molar-refractivity contribution in [2.75, 3.05) is 26.2 Å². The van der Waals surface area contributed by atoms with E-state index in [0.29, 0.717) is 0 Å². The quantitative estimate of drug-likeness (QED) is 0.273. The zero-order valence-electron chi connectivity index (χ0n) is 22.1. The van der Waals surface area contributed by atoms with Gasteiger partial charge in [-0.3, -0.25) is 4.98 Å². The minimum absolute atomic E-state index is 0.199. The molecule has 1 heterocycles. The van der Waals surface area contributed by atoms with Gasteiger partial charge in [0.2, 0.25) is 0 Å². The van der Waals surface area contributed by atoms with Crippen LogP contribution in [0.25, 0.3) is 22.0 Å². The lowest BCUT2D eigenvalue weighted by atomic mass is 9.87. The van der Waals surface area contributed by atoms with Gasteiger partial charge in [-0.2, -0.15) is 0 Å². The Labute approximate surface area is 214 Å². The van der Waals surface area contributed by atoms with Gasteiger partial charge in [0, 0.05) is 35.3 Å². The van der Waals surface area contributed by atoms with Crippen molar-refractivity contribution in [1.29, 1.82) is 0 Å². The number of rotatable bonds is 7. The van der Waals surface area contributed by atoms with Crippen LogP contribution in [0.2, 0.25) is 0 Å². The van der Waals surface area contributed by atoms with Crippen LogP contribution in [0, 0.1) is 0 Å². The first kappa shape index (κ1) is 24.2. The van der Waals surface area contributed by atoms with Crippen molar-refractivity contribution in [3.63, 3.8) is 0 Å². The molecule has 3 aromatic carbocycles. The molecule has 186 valence electrons. The van der Waals surface area contributed by atoms with Gasteiger partial charge in [0.25, 0.3) is 0 Å². The fourth-order valence-corrected chi connectivity index (χ4v) is 5.84. The highest BCUT2D eigenvalue weighted by Crippen LogP contribution is 2.44. The van der Waals surface area contributed by atoms with Gasteiger partial charge in [-0.15, -0.1) is 0 Å². The molecule has 0 bridgehead atoms. The lowest BCUT2D eigenvalue weighted by Gasteiger charge is -2.36. The average molecular weight is 481 g/mol. The summed E-state index contributed by atoms with van der Waals surface area (Å²) in [6.07, 6.45) is 5.13. The number of aromatic nitrogens is 1. The van der Waals surface area contributed by atoms with Gasteiger partial charge in [-0.1, -0.05) is 44.2 Å². The topological polar surface area (TPSA) is 34.6 Å². The Hall–Kier alpha value is -3.53. The smallest absolute Gasteiger partial charge is 0.128 e. The molecule has 0 spiro atoms. The fourth-order valence-electron chi connectivity index (χ4n) is 5.84. The van der Waals surface area contributed by atoms with Crippen LogP contribution in [0.3, 0.4) is 0 Å². The third kappa shape index (κ3) is 4.19. The van der Waals surface area contributed by atoms with Gasteiger partial charge in [0.15, 0.2) is 0 Å². The van der Waals surface area contributed by atoms with Gasteiger partial charge in [-0.25, -0.2) is 0 Å². The van der Waals surface area contributed by atoms with E-state index >= 15 is 0 Å². The Morgan fingerprint density at radius 3 is 2.36 bits per heavy atom. The summed E-state index contributed by atoms with van der Waals surface area (Å²) in [6, 6.07) is 21.8. The maximum absolute atomic E-state index is 6.07. The standard InChI is InChI=1S/C32H36N2O2/c1-6-21-11-8-12-22(7-2)31(21)27-20-30(36-5)32-26(33-27)14-10-16-29(32)34(3)28-15-9-13-23-19-24(35-4)17-18-25(23)28/h8-9,11-13,15,17-20,29H,6-7,10,14,16H2,1-5H3. The lowest BCUT2D eigenvalue weighted by Crippen LogP contribution is -2.29. The summed E-state index contributed by atoms with van der Waals surface area (Å²) in [6.45, 7) is 4.44. The highest BCUT2D eigenvalue weighted by Gasteiger charge is 2.30. The molecular weight excluding hydrogens is 444 g/mol. The molecule has 1 aliphatic carbocycles. The first-order chi connectivity index (χ1) is 17.6. The van der Waals surface area contributed by atoms with Crippen LogP contribution >= 0.6 is 0 Å². The summed E-state index contributed by atoms with van der Waals surface area (Å²) in [7, 11) is 5.71. The molecule has 0 N–H and O–H groups in total. The van der Waals surface area contributed by atoms with Crippen molar-refractivity contribution in [1.82, 2.24) is 4.98 Å². The first-order valence-electron chi connectivity index (χ1n) is 13.1. The van der Waals surface area contributed by atoms with Crippen molar-refractivity contribution in [2.45, 2.75) is 52.0 Å². The molecule has 1 aliphatic rings. The minimum atomic E-state index is 0.199. The van der Waals surface area contributed by atoms with E-state index in [4.69, 9.17) is 14.5 Å². The monoisotopic (exact) mass is 480 g/mol. The van der Waals surface area contributed by atoms with Crippen LogP contribution in [-0.2, 0) is 19.3 Å². The second-order valence-corrected chi connectivity index (χ2v) is 9.61. The van der Waals surface area contributed by atoms with Crippen LogP contribution < -0.4 is 14.4 Å².